The van der Waals surface area contributed by atoms with Crippen LogP contribution in [0.25, 0.3) is 6.08 Å². The molecule has 0 aliphatic heterocycles. The van der Waals surface area contributed by atoms with E-state index in [0.29, 0.717) is 0 Å². The molecule has 1 unspecified atom stereocenters. The normalized spacial score (nSPS) is 13.0. The molecule has 0 aliphatic carbocycles. The maximum absolute atomic E-state index is 12.3. The second kappa shape index (κ2) is 7.40. The highest BCUT2D eigenvalue weighted by Gasteiger charge is 2.16. The largest absolute Gasteiger partial charge is 0.335 e. The number of hydrogen-bond acceptors (Lipinski definition) is 4. The molecule has 0 bridgehead atoms. The Balaban J connectivity index is 2.09. The molecule has 0 saturated carbocycles. The summed E-state index contributed by atoms with van der Waals surface area (Å²) < 4.78 is 23.0. The molecule has 0 saturated heterocycles. The van der Waals surface area contributed by atoms with Crippen molar-refractivity contribution in [3.8, 4) is 0 Å². The van der Waals surface area contributed by atoms with Gasteiger partial charge in [0.1, 0.15) is 0 Å². The van der Waals surface area contributed by atoms with E-state index in [9.17, 15) is 13.2 Å². The van der Waals surface area contributed by atoms with Crippen LogP contribution < -0.4 is 0 Å². The number of hydrogen-bond donors (Lipinski definition) is 0. The molecule has 2 aromatic rings. The van der Waals surface area contributed by atoms with Crippen LogP contribution in [-0.4, -0.2) is 37.5 Å². The summed E-state index contributed by atoms with van der Waals surface area (Å²) >= 11 is 0. The fourth-order valence-corrected chi connectivity index (χ4v) is 2.80. The quantitative estimate of drug-likeness (QED) is 0.782. The minimum Gasteiger partial charge on any atom is -0.335 e. The molecule has 6 heteroatoms. The van der Waals surface area contributed by atoms with Gasteiger partial charge in [-0.15, -0.1) is 0 Å². The SMILES string of the molecule is CC(c1ccc(S(C)(=O)=O)cc1)N(C)C(=O)/C=C/c1cccnc1. The van der Waals surface area contributed by atoms with Crippen LogP contribution in [0.1, 0.15) is 24.1 Å². The van der Waals surface area contributed by atoms with Gasteiger partial charge in [0.05, 0.1) is 10.9 Å². The number of likely N-dealkylation sites (N-methyl/N-ethyl adjacent to an activating group) is 1. The first kappa shape index (κ1) is 17.9. The summed E-state index contributed by atoms with van der Waals surface area (Å²) in [6, 6.07) is 10.1. The topological polar surface area (TPSA) is 67.3 Å². The smallest absolute Gasteiger partial charge is 0.246 e. The van der Waals surface area contributed by atoms with Crippen molar-refractivity contribution in [2.45, 2.75) is 17.9 Å². The van der Waals surface area contributed by atoms with Gasteiger partial charge in [-0.05, 0) is 42.3 Å². The molecule has 24 heavy (non-hydrogen) atoms. The van der Waals surface area contributed by atoms with Crippen LogP contribution >= 0.6 is 0 Å². The predicted octanol–water partition coefficient (Wildman–Crippen LogP) is 2.72. The first-order chi connectivity index (χ1) is 11.3. The highest BCUT2D eigenvalue weighted by molar-refractivity contribution is 7.90. The Morgan fingerprint density at radius 1 is 1.21 bits per heavy atom. The standard InChI is InChI=1S/C18H20N2O3S/c1-14(16-7-9-17(10-8-16)24(3,22)23)20(2)18(21)11-6-15-5-4-12-19-13-15/h4-14H,1-3H3/b11-6+. The predicted molar refractivity (Wildman–Crippen MR) is 94.0 cm³/mol. The number of nitrogens with zero attached hydrogens (tertiary/aromatic N) is 2. The monoisotopic (exact) mass is 344 g/mol. The van der Waals surface area contributed by atoms with Gasteiger partial charge in [-0.2, -0.15) is 0 Å². The first-order valence-corrected chi connectivity index (χ1v) is 9.33. The highest BCUT2D eigenvalue weighted by atomic mass is 32.2. The summed E-state index contributed by atoms with van der Waals surface area (Å²) in [7, 11) is -1.51. The number of aromatic nitrogens is 1. The van der Waals surface area contributed by atoms with E-state index < -0.39 is 9.84 Å². The van der Waals surface area contributed by atoms with Gasteiger partial charge in [0, 0.05) is 31.8 Å². The summed E-state index contributed by atoms with van der Waals surface area (Å²) in [5.41, 5.74) is 1.72. The van der Waals surface area contributed by atoms with Crippen LogP contribution in [-0.2, 0) is 14.6 Å². The van der Waals surface area contributed by atoms with Crippen molar-refractivity contribution in [2.24, 2.45) is 0 Å². The Bertz CT molecular complexity index is 828. The average molecular weight is 344 g/mol. The lowest BCUT2D eigenvalue weighted by atomic mass is 10.1. The fourth-order valence-electron chi connectivity index (χ4n) is 2.17. The zero-order chi connectivity index (χ0) is 17.7. The van der Waals surface area contributed by atoms with Crippen LogP contribution in [0.5, 0.6) is 0 Å². The molecule has 0 fully saturated rings. The first-order valence-electron chi connectivity index (χ1n) is 7.44. The average Bonchev–Trinajstić information content (AvgIpc) is 2.58. The minimum absolute atomic E-state index is 0.140. The molecule has 5 nitrogen and oxygen atoms in total. The molecule has 0 radical (unpaired) electrons. The number of carbonyl (C=O) groups excluding carboxylic acids is 1. The van der Waals surface area contributed by atoms with E-state index in [-0.39, 0.29) is 16.8 Å². The van der Waals surface area contributed by atoms with Crippen molar-refractivity contribution in [3.63, 3.8) is 0 Å². The molecule has 1 atom stereocenters. The third-order valence-corrected chi connectivity index (χ3v) is 4.95. The summed E-state index contributed by atoms with van der Waals surface area (Å²) in [4.78, 5) is 18.1. The summed E-state index contributed by atoms with van der Waals surface area (Å²) in [5, 5.41) is 0. The van der Waals surface area contributed by atoms with Crippen LogP contribution in [0.15, 0.2) is 59.8 Å². The number of rotatable bonds is 5. The van der Waals surface area contributed by atoms with E-state index >= 15 is 0 Å². The van der Waals surface area contributed by atoms with Crippen LogP contribution in [0.4, 0.5) is 0 Å². The van der Waals surface area contributed by atoms with Gasteiger partial charge < -0.3 is 4.90 Å². The Morgan fingerprint density at radius 3 is 2.42 bits per heavy atom. The van der Waals surface area contributed by atoms with Crippen molar-refractivity contribution < 1.29 is 13.2 Å². The maximum atomic E-state index is 12.3. The van der Waals surface area contributed by atoms with Crippen molar-refractivity contribution >= 4 is 21.8 Å². The number of pyridine rings is 1. The van der Waals surface area contributed by atoms with Gasteiger partial charge >= 0.3 is 0 Å². The number of sulfone groups is 1. The van der Waals surface area contributed by atoms with E-state index in [4.69, 9.17) is 0 Å². The van der Waals surface area contributed by atoms with Crippen LogP contribution in [0.3, 0.4) is 0 Å². The highest BCUT2D eigenvalue weighted by Crippen LogP contribution is 2.21. The molecular weight excluding hydrogens is 324 g/mol. The number of carbonyl (C=O) groups is 1. The lowest BCUT2D eigenvalue weighted by Gasteiger charge is -2.24. The number of amides is 1. The molecule has 0 spiro atoms. The summed E-state index contributed by atoms with van der Waals surface area (Å²) in [6.07, 6.45) is 7.73. The van der Waals surface area contributed by atoms with Crippen LogP contribution in [0, 0.1) is 0 Å². The summed E-state index contributed by atoms with van der Waals surface area (Å²) in [5.74, 6) is -0.140. The maximum Gasteiger partial charge on any atom is 0.246 e. The second-order valence-corrected chi connectivity index (χ2v) is 7.60. The van der Waals surface area contributed by atoms with E-state index in [1.807, 2.05) is 13.0 Å². The van der Waals surface area contributed by atoms with Crippen LogP contribution in [0.2, 0.25) is 0 Å². The van der Waals surface area contributed by atoms with Gasteiger partial charge in [0.15, 0.2) is 9.84 Å². The molecule has 1 aromatic heterocycles. The lowest BCUT2D eigenvalue weighted by molar-refractivity contribution is -0.126. The Kier molecular flexibility index (Phi) is 5.51. The molecular formula is C18H20N2O3S. The molecule has 2 rings (SSSR count). The molecule has 1 heterocycles. The molecule has 0 aliphatic rings. The third-order valence-electron chi connectivity index (χ3n) is 3.82. The zero-order valence-electron chi connectivity index (χ0n) is 13.9. The minimum atomic E-state index is -3.22. The fraction of sp³-hybridized carbons (Fsp3) is 0.222. The van der Waals surface area contributed by atoms with E-state index in [0.717, 1.165) is 11.1 Å². The Hall–Kier alpha value is -2.47. The van der Waals surface area contributed by atoms with Crippen molar-refractivity contribution in [2.75, 3.05) is 13.3 Å². The molecule has 1 amide bonds. The van der Waals surface area contributed by atoms with Crippen molar-refractivity contribution in [1.82, 2.24) is 9.88 Å². The van der Waals surface area contributed by atoms with Gasteiger partial charge in [-0.3, -0.25) is 9.78 Å². The second-order valence-electron chi connectivity index (χ2n) is 5.59. The summed E-state index contributed by atoms with van der Waals surface area (Å²) in [6.45, 7) is 1.89. The van der Waals surface area contributed by atoms with Gasteiger partial charge in [0.25, 0.3) is 0 Å². The molecule has 0 N–H and O–H groups in total. The zero-order valence-corrected chi connectivity index (χ0v) is 14.7. The van der Waals surface area contributed by atoms with E-state index in [2.05, 4.69) is 4.98 Å². The van der Waals surface area contributed by atoms with Crippen molar-refractivity contribution in [3.05, 3.63) is 66.0 Å². The Morgan fingerprint density at radius 2 is 1.88 bits per heavy atom. The van der Waals surface area contributed by atoms with Gasteiger partial charge in [-0.1, -0.05) is 18.2 Å². The molecule has 1 aromatic carbocycles. The van der Waals surface area contributed by atoms with E-state index in [1.165, 1.54) is 12.3 Å². The van der Waals surface area contributed by atoms with Crippen molar-refractivity contribution in [1.29, 1.82) is 0 Å². The van der Waals surface area contributed by atoms with Gasteiger partial charge in [-0.25, -0.2) is 8.42 Å². The molecule has 126 valence electrons. The van der Waals surface area contributed by atoms with Gasteiger partial charge in [0.2, 0.25) is 5.91 Å². The Labute approximate surface area is 142 Å². The number of benzene rings is 1. The third kappa shape index (κ3) is 4.52. The van der Waals surface area contributed by atoms with E-state index in [1.54, 1.807) is 60.7 Å². The lowest BCUT2D eigenvalue weighted by Crippen LogP contribution is -2.28.